The number of benzene rings is 3. The molecule has 3 aromatic rings. The number of hydrogen-bond donors (Lipinski definition) is 1. The number of carbonyl (C=O) groups excluding carboxylic acids is 1. The van der Waals surface area contributed by atoms with Gasteiger partial charge < -0.3 is 10.2 Å². The fraction of sp³-hybridized carbons (Fsp3) is 0.269. The van der Waals surface area contributed by atoms with E-state index in [2.05, 4.69) is 70.9 Å². The maximum absolute atomic E-state index is 12.7. The van der Waals surface area contributed by atoms with Gasteiger partial charge in [0.25, 0.3) is 0 Å². The van der Waals surface area contributed by atoms with Crippen LogP contribution in [0.25, 0.3) is 0 Å². The lowest BCUT2D eigenvalue weighted by molar-refractivity contribution is 0.0485. The lowest BCUT2D eigenvalue weighted by Gasteiger charge is -2.45. The summed E-state index contributed by atoms with van der Waals surface area (Å²) in [4.78, 5) is 17.2. The second kappa shape index (κ2) is 8.33. The summed E-state index contributed by atoms with van der Waals surface area (Å²) in [6.45, 7) is 3.71. The van der Waals surface area contributed by atoms with E-state index in [4.69, 9.17) is 0 Å². The Labute approximate surface area is 178 Å². The van der Waals surface area contributed by atoms with Gasteiger partial charge in [-0.3, -0.25) is 4.90 Å². The third-order valence-corrected chi connectivity index (χ3v) is 6.48. The van der Waals surface area contributed by atoms with Crippen LogP contribution in [0, 0.1) is 5.92 Å². The number of para-hydroxylation sites is 1. The molecule has 2 fully saturated rings. The van der Waals surface area contributed by atoms with Crippen LogP contribution in [-0.4, -0.2) is 48.1 Å². The Morgan fingerprint density at radius 1 is 0.800 bits per heavy atom. The molecule has 2 saturated heterocycles. The van der Waals surface area contributed by atoms with Crippen LogP contribution < -0.4 is 5.32 Å². The van der Waals surface area contributed by atoms with Gasteiger partial charge in [0.05, 0.1) is 0 Å². The fourth-order valence-electron chi connectivity index (χ4n) is 4.85. The number of amides is 2. The van der Waals surface area contributed by atoms with Crippen LogP contribution in [0.3, 0.4) is 0 Å². The predicted molar refractivity (Wildman–Crippen MR) is 121 cm³/mol. The van der Waals surface area contributed by atoms with Crippen molar-refractivity contribution in [3.05, 3.63) is 102 Å². The van der Waals surface area contributed by atoms with Crippen molar-refractivity contribution in [3.63, 3.8) is 0 Å². The Bertz CT molecular complexity index is 937. The molecule has 2 heterocycles. The predicted octanol–water partition coefficient (Wildman–Crippen LogP) is 4.67. The highest BCUT2D eigenvalue weighted by Crippen LogP contribution is 2.36. The summed E-state index contributed by atoms with van der Waals surface area (Å²) in [5.74, 6) is 0.930. The van der Waals surface area contributed by atoms with E-state index in [1.54, 1.807) is 0 Å². The number of fused-ring (bicyclic) bond motifs is 1. The molecule has 2 amide bonds. The fourth-order valence-corrected chi connectivity index (χ4v) is 4.85. The van der Waals surface area contributed by atoms with Crippen molar-refractivity contribution >= 4 is 11.7 Å². The smallest absolute Gasteiger partial charge is 0.321 e. The standard InChI is InChI=1S/C26H27N3O/c30-26(27-23-14-8-3-9-15-23)29-17-22-16-28(25(22)19-29)18-24(20-10-4-1-5-11-20)21-12-6-2-7-13-21/h1-15,22,24-25H,16-19H2,(H,27,30)/t22-,25+/m1/s1. The topological polar surface area (TPSA) is 35.6 Å². The number of likely N-dealkylation sites (tertiary alicyclic amines) is 2. The number of carbonyl (C=O) groups is 1. The maximum atomic E-state index is 12.7. The summed E-state index contributed by atoms with van der Waals surface area (Å²) in [6.07, 6.45) is 0. The normalized spacial score (nSPS) is 20.6. The Balaban J connectivity index is 1.26. The van der Waals surface area contributed by atoms with Crippen LogP contribution in [0.15, 0.2) is 91.0 Å². The van der Waals surface area contributed by atoms with E-state index in [-0.39, 0.29) is 6.03 Å². The largest absolute Gasteiger partial charge is 0.323 e. The van der Waals surface area contributed by atoms with Gasteiger partial charge in [-0.2, -0.15) is 0 Å². The molecule has 0 aromatic heterocycles. The Morgan fingerprint density at radius 3 is 1.97 bits per heavy atom. The van der Waals surface area contributed by atoms with Crippen molar-refractivity contribution in [2.75, 3.05) is 31.5 Å². The van der Waals surface area contributed by atoms with Gasteiger partial charge in [0.2, 0.25) is 0 Å². The van der Waals surface area contributed by atoms with Gasteiger partial charge in [-0.05, 0) is 23.3 Å². The summed E-state index contributed by atoms with van der Waals surface area (Å²) in [6, 6.07) is 31.7. The van der Waals surface area contributed by atoms with Gasteiger partial charge in [0, 0.05) is 49.7 Å². The highest BCUT2D eigenvalue weighted by molar-refractivity contribution is 5.89. The lowest BCUT2D eigenvalue weighted by atomic mass is 9.86. The first-order valence-electron chi connectivity index (χ1n) is 10.7. The SMILES string of the molecule is O=C(Nc1ccccc1)N1C[C@H]2CN(CC(c3ccccc3)c3ccccc3)[C@H]2C1. The molecule has 2 aliphatic heterocycles. The molecule has 0 saturated carbocycles. The van der Waals surface area contributed by atoms with Crippen molar-refractivity contribution in [2.45, 2.75) is 12.0 Å². The van der Waals surface area contributed by atoms with E-state index in [9.17, 15) is 4.79 Å². The second-order valence-corrected chi connectivity index (χ2v) is 8.36. The molecule has 0 bridgehead atoms. The quantitative estimate of drug-likeness (QED) is 0.679. The molecule has 4 heteroatoms. The highest BCUT2D eigenvalue weighted by Gasteiger charge is 2.47. The van der Waals surface area contributed by atoms with E-state index in [1.165, 1.54) is 11.1 Å². The Kier molecular flexibility index (Phi) is 5.24. The summed E-state index contributed by atoms with van der Waals surface area (Å²) in [7, 11) is 0. The third-order valence-electron chi connectivity index (χ3n) is 6.48. The minimum atomic E-state index is 0.0122. The first kappa shape index (κ1) is 18.9. The van der Waals surface area contributed by atoms with Crippen LogP contribution in [0.1, 0.15) is 17.0 Å². The zero-order valence-electron chi connectivity index (χ0n) is 17.0. The van der Waals surface area contributed by atoms with Crippen LogP contribution in [-0.2, 0) is 0 Å². The average Bonchev–Trinajstić information content (AvgIpc) is 3.13. The van der Waals surface area contributed by atoms with Crippen LogP contribution >= 0.6 is 0 Å². The van der Waals surface area contributed by atoms with E-state index in [0.717, 1.165) is 31.9 Å². The molecule has 2 aliphatic rings. The molecule has 0 aliphatic carbocycles. The highest BCUT2D eigenvalue weighted by atomic mass is 16.2. The number of rotatable bonds is 5. The molecule has 1 N–H and O–H groups in total. The summed E-state index contributed by atoms with van der Waals surface area (Å²) in [5.41, 5.74) is 3.56. The molecule has 5 rings (SSSR count). The molecule has 152 valence electrons. The Hall–Kier alpha value is -3.11. The molecule has 30 heavy (non-hydrogen) atoms. The molecular weight excluding hydrogens is 370 g/mol. The third kappa shape index (κ3) is 3.83. The lowest BCUT2D eigenvalue weighted by Crippen LogP contribution is -2.56. The molecule has 4 nitrogen and oxygen atoms in total. The van der Waals surface area contributed by atoms with Crippen LogP contribution in [0.5, 0.6) is 0 Å². The van der Waals surface area contributed by atoms with Gasteiger partial charge >= 0.3 is 6.03 Å². The van der Waals surface area contributed by atoms with E-state index >= 15 is 0 Å². The van der Waals surface area contributed by atoms with Gasteiger partial charge in [-0.1, -0.05) is 78.9 Å². The number of anilines is 1. The molecule has 0 radical (unpaired) electrons. The van der Waals surface area contributed by atoms with E-state index < -0.39 is 0 Å². The number of nitrogens with zero attached hydrogens (tertiary/aromatic N) is 2. The zero-order valence-corrected chi connectivity index (χ0v) is 17.0. The molecule has 2 atom stereocenters. The number of hydrogen-bond acceptors (Lipinski definition) is 2. The molecule has 0 spiro atoms. The first-order chi connectivity index (χ1) is 14.8. The van der Waals surface area contributed by atoms with Gasteiger partial charge in [0.15, 0.2) is 0 Å². The molecular formula is C26H27N3O. The summed E-state index contributed by atoms with van der Waals surface area (Å²) >= 11 is 0. The minimum Gasteiger partial charge on any atom is -0.323 e. The average molecular weight is 398 g/mol. The number of nitrogens with one attached hydrogen (secondary N) is 1. The monoisotopic (exact) mass is 397 g/mol. The van der Waals surface area contributed by atoms with Crippen molar-refractivity contribution in [2.24, 2.45) is 5.92 Å². The van der Waals surface area contributed by atoms with E-state index in [0.29, 0.717) is 17.9 Å². The number of urea groups is 1. The molecule has 3 aromatic carbocycles. The maximum Gasteiger partial charge on any atom is 0.321 e. The minimum absolute atomic E-state index is 0.0122. The van der Waals surface area contributed by atoms with Crippen molar-refractivity contribution in [3.8, 4) is 0 Å². The second-order valence-electron chi connectivity index (χ2n) is 8.36. The van der Waals surface area contributed by atoms with Crippen molar-refractivity contribution in [1.82, 2.24) is 9.80 Å². The van der Waals surface area contributed by atoms with Crippen molar-refractivity contribution < 1.29 is 4.79 Å². The molecule has 0 unspecified atom stereocenters. The van der Waals surface area contributed by atoms with Crippen molar-refractivity contribution in [1.29, 1.82) is 0 Å². The summed E-state index contributed by atoms with van der Waals surface area (Å²) in [5, 5.41) is 3.03. The first-order valence-corrected chi connectivity index (χ1v) is 10.7. The van der Waals surface area contributed by atoms with E-state index in [1.807, 2.05) is 35.2 Å². The van der Waals surface area contributed by atoms with Gasteiger partial charge in [0.1, 0.15) is 0 Å². The Morgan fingerprint density at radius 2 is 1.37 bits per heavy atom. The zero-order chi connectivity index (χ0) is 20.3. The summed E-state index contributed by atoms with van der Waals surface area (Å²) < 4.78 is 0. The van der Waals surface area contributed by atoms with Crippen LogP contribution in [0.2, 0.25) is 0 Å². The van der Waals surface area contributed by atoms with Crippen LogP contribution in [0.4, 0.5) is 10.5 Å². The van der Waals surface area contributed by atoms with Gasteiger partial charge in [-0.15, -0.1) is 0 Å². The van der Waals surface area contributed by atoms with Gasteiger partial charge in [-0.25, -0.2) is 4.79 Å².